The zero-order valence-electron chi connectivity index (χ0n) is 12.5. The molecule has 3 nitrogen and oxygen atoms in total. The van der Waals surface area contributed by atoms with E-state index in [1.165, 1.54) is 11.1 Å². The van der Waals surface area contributed by atoms with Gasteiger partial charge in [-0.25, -0.2) is 4.98 Å². The van der Waals surface area contributed by atoms with Crippen LogP contribution in [0.3, 0.4) is 0 Å². The van der Waals surface area contributed by atoms with Gasteiger partial charge in [0.05, 0.1) is 0 Å². The molecule has 0 aliphatic rings. The normalized spacial score (nSPS) is 12.5. The van der Waals surface area contributed by atoms with Gasteiger partial charge < -0.3 is 10.3 Å². The summed E-state index contributed by atoms with van der Waals surface area (Å²) in [5.74, 6) is 1.08. The van der Waals surface area contributed by atoms with Crippen LogP contribution in [0, 0.1) is 0 Å². The van der Waals surface area contributed by atoms with E-state index in [9.17, 15) is 0 Å². The Hall–Kier alpha value is -1.61. The zero-order valence-corrected chi connectivity index (χ0v) is 12.5. The van der Waals surface area contributed by atoms with Gasteiger partial charge in [0.2, 0.25) is 0 Å². The monoisotopic (exact) mass is 271 g/mol. The van der Waals surface area contributed by atoms with Gasteiger partial charge in [-0.1, -0.05) is 38.1 Å². The van der Waals surface area contributed by atoms with Crippen molar-refractivity contribution in [1.82, 2.24) is 15.3 Å². The molecule has 0 aliphatic carbocycles. The first-order valence-electron chi connectivity index (χ1n) is 7.64. The Morgan fingerprint density at radius 3 is 2.80 bits per heavy atom. The highest BCUT2D eigenvalue weighted by molar-refractivity contribution is 5.30. The molecule has 1 atom stereocenters. The molecule has 0 fully saturated rings. The summed E-state index contributed by atoms with van der Waals surface area (Å²) in [6.07, 6.45) is 8.03. The highest BCUT2D eigenvalue weighted by Gasteiger charge is 2.11. The van der Waals surface area contributed by atoms with E-state index >= 15 is 0 Å². The average molecular weight is 271 g/mol. The second kappa shape index (κ2) is 7.85. The molecule has 108 valence electrons. The van der Waals surface area contributed by atoms with Gasteiger partial charge in [-0.05, 0) is 36.9 Å². The highest BCUT2D eigenvalue weighted by Crippen LogP contribution is 2.21. The number of rotatable bonds is 8. The molecule has 3 heteroatoms. The van der Waals surface area contributed by atoms with Crippen molar-refractivity contribution in [3.8, 4) is 0 Å². The lowest BCUT2D eigenvalue weighted by molar-refractivity contribution is 0.505. The van der Waals surface area contributed by atoms with Crippen LogP contribution in [0.2, 0.25) is 0 Å². The van der Waals surface area contributed by atoms with Gasteiger partial charge >= 0.3 is 0 Å². The lowest BCUT2D eigenvalue weighted by Gasteiger charge is -2.20. The molecular weight excluding hydrogens is 246 g/mol. The molecule has 0 bridgehead atoms. The van der Waals surface area contributed by atoms with Crippen LogP contribution in [0.4, 0.5) is 0 Å². The number of hydrogen-bond acceptors (Lipinski definition) is 2. The molecule has 1 aromatic carbocycles. The van der Waals surface area contributed by atoms with Crippen molar-refractivity contribution in [3.05, 3.63) is 53.6 Å². The molecule has 1 heterocycles. The third kappa shape index (κ3) is 3.94. The number of hydrogen-bond donors (Lipinski definition) is 2. The Bertz CT molecular complexity index is 491. The summed E-state index contributed by atoms with van der Waals surface area (Å²) in [5.41, 5.74) is 2.91. The van der Waals surface area contributed by atoms with Crippen molar-refractivity contribution < 1.29 is 0 Å². The smallest absolute Gasteiger partial charge is 0.106 e. The van der Waals surface area contributed by atoms with Gasteiger partial charge in [0.1, 0.15) is 5.82 Å². The van der Waals surface area contributed by atoms with Crippen LogP contribution < -0.4 is 5.32 Å². The van der Waals surface area contributed by atoms with E-state index in [-0.39, 0.29) is 0 Å². The quantitative estimate of drug-likeness (QED) is 0.720. The Balaban J connectivity index is 1.85. The topological polar surface area (TPSA) is 40.7 Å². The highest BCUT2D eigenvalue weighted by atomic mass is 14.9. The van der Waals surface area contributed by atoms with Gasteiger partial charge in [-0.2, -0.15) is 0 Å². The van der Waals surface area contributed by atoms with Crippen LogP contribution >= 0.6 is 0 Å². The first-order chi connectivity index (χ1) is 9.85. The molecule has 2 N–H and O–H groups in total. The molecule has 1 aromatic heterocycles. The summed E-state index contributed by atoms with van der Waals surface area (Å²) in [7, 11) is 0. The summed E-state index contributed by atoms with van der Waals surface area (Å²) in [6.45, 7) is 5.50. The molecule has 0 aliphatic heterocycles. The fraction of sp³-hybridized carbons (Fsp3) is 0.471. The van der Waals surface area contributed by atoms with Crippen LogP contribution in [0.15, 0.2) is 36.7 Å². The SMILES string of the molecule is CCc1ccccc1C(CC)NCCCc1ncc[nH]1. The van der Waals surface area contributed by atoms with Gasteiger partial charge in [-0.15, -0.1) is 0 Å². The van der Waals surface area contributed by atoms with Crippen molar-refractivity contribution in [2.75, 3.05) is 6.54 Å². The third-order valence-electron chi connectivity index (χ3n) is 3.76. The largest absolute Gasteiger partial charge is 0.349 e. The van der Waals surface area contributed by atoms with E-state index in [0.717, 1.165) is 38.1 Å². The Kier molecular flexibility index (Phi) is 5.81. The Labute approximate surface area is 121 Å². The zero-order chi connectivity index (χ0) is 14.2. The number of aryl methyl sites for hydroxylation is 2. The first kappa shape index (κ1) is 14.8. The number of aromatic amines is 1. The molecule has 0 saturated carbocycles. The van der Waals surface area contributed by atoms with Crippen molar-refractivity contribution in [3.63, 3.8) is 0 Å². The van der Waals surface area contributed by atoms with Crippen molar-refractivity contribution in [2.24, 2.45) is 0 Å². The van der Waals surface area contributed by atoms with E-state index in [1.807, 2.05) is 12.4 Å². The number of benzene rings is 1. The molecule has 20 heavy (non-hydrogen) atoms. The Morgan fingerprint density at radius 2 is 2.10 bits per heavy atom. The summed E-state index contributed by atoms with van der Waals surface area (Å²) >= 11 is 0. The van der Waals surface area contributed by atoms with Gasteiger partial charge in [0, 0.05) is 24.9 Å². The van der Waals surface area contributed by atoms with E-state index in [0.29, 0.717) is 6.04 Å². The van der Waals surface area contributed by atoms with Crippen LogP contribution in [0.25, 0.3) is 0 Å². The average Bonchev–Trinajstić information content (AvgIpc) is 3.01. The first-order valence-corrected chi connectivity index (χ1v) is 7.64. The fourth-order valence-electron chi connectivity index (χ4n) is 2.64. The molecule has 1 unspecified atom stereocenters. The molecule has 0 spiro atoms. The number of nitrogens with one attached hydrogen (secondary N) is 2. The maximum absolute atomic E-state index is 4.26. The molecule has 2 rings (SSSR count). The third-order valence-corrected chi connectivity index (χ3v) is 3.76. The number of aromatic nitrogens is 2. The molecular formula is C17H25N3. The van der Waals surface area contributed by atoms with E-state index in [4.69, 9.17) is 0 Å². The molecule has 2 aromatic rings. The van der Waals surface area contributed by atoms with Crippen molar-refractivity contribution in [2.45, 2.75) is 45.6 Å². The van der Waals surface area contributed by atoms with E-state index in [2.05, 4.69) is 53.4 Å². The summed E-state index contributed by atoms with van der Waals surface area (Å²) in [6, 6.07) is 9.23. The van der Waals surface area contributed by atoms with Gasteiger partial charge in [0.15, 0.2) is 0 Å². The minimum atomic E-state index is 0.461. The van der Waals surface area contributed by atoms with Crippen LogP contribution in [0.5, 0.6) is 0 Å². The predicted molar refractivity (Wildman–Crippen MR) is 83.8 cm³/mol. The fourth-order valence-corrected chi connectivity index (χ4v) is 2.64. The van der Waals surface area contributed by atoms with Gasteiger partial charge in [0.25, 0.3) is 0 Å². The molecule has 0 saturated heterocycles. The van der Waals surface area contributed by atoms with Crippen LogP contribution in [0.1, 0.15) is 49.7 Å². The Morgan fingerprint density at radius 1 is 1.25 bits per heavy atom. The van der Waals surface area contributed by atoms with Crippen LogP contribution in [-0.2, 0) is 12.8 Å². The number of H-pyrrole nitrogens is 1. The lowest BCUT2D eigenvalue weighted by Crippen LogP contribution is -2.23. The predicted octanol–water partition coefficient (Wildman–Crippen LogP) is 3.65. The summed E-state index contributed by atoms with van der Waals surface area (Å²) < 4.78 is 0. The summed E-state index contributed by atoms with van der Waals surface area (Å²) in [4.78, 5) is 7.41. The number of nitrogens with zero attached hydrogens (tertiary/aromatic N) is 1. The van der Waals surface area contributed by atoms with Crippen molar-refractivity contribution in [1.29, 1.82) is 0 Å². The minimum absolute atomic E-state index is 0.461. The summed E-state index contributed by atoms with van der Waals surface area (Å²) in [5, 5.41) is 3.68. The lowest BCUT2D eigenvalue weighted by atomic mass is 9.97. The van der Waals surface area contributed by atoms with Crippen LogP contribution in [-0.4, -0.2) is 16.5 Å². The van der Waals surface area contributed by atoms with Crippen molar-refractivity contribution >= 4 is 0 Å². The maximum atomic E-state index is 4.26. The van der Waals surface area contributed by atoms with Gasteiger partial charge in [-0.3, -0.25) is 0 Å². The second-order valence-electron chi connectivity index (χ2n) is 5.11. The van der Waals surface area contributed by atoms with E-state index < -0.39 is 0 Å². The maximum Gasteiger partial charge on any atom is 0.106 e. The molecule has 0 amide bonds. The minimum Gasteiger partial charge on any atom is -0.349 e. The van der Waals surface area contributed by atoms with E-state index in [1.54, 1.807) is 0 Å². The number of imidazole rings is 1. The second-order valence-corrected chi connectivity index (χ2v) is 5.11. The molecule has 0 radical (unpaired) electrons. The standard InChI is InChI=1S/C17H25N3/c1-3-14-8-5-6-9-15(14)16(4-2)18-11-7-10-17-19-12-13-20-17/h5-6,8-9,12-13,16,18H,3-4,7,10-11H2,1-2H3,(H,19,20).